The summed E-state index contributed by atoms with van der Waals surface area (Å²) in [6.45, 7) is -0.550. The highest BCUT2D eigenvalue weighted by Gasteiger charge is 2.49. The first-order chi connectivity index (χ1) is 14.6. The second-order valence-electron chi connectivity index (χ2n) is 8.67. The number of benzene rings is 1. The third-order valence-corrected chi connectivity index (χ3v) is 7.72. The summed E-state index contributed by atoms with van der Waals surface area (Å²) in [6.07, 6.45) is 6.16. The molecule has 158 valence electrons. The molecule has 4 saturated carbocycles. The van der Waals surface area contributed by atoms with Gasteiger partial charge in [0.25, 0.3) is 11.8 Å². The molecule has 1 aromatic heterocycles. The van der Waals surface area contributed by atoms with E-state index in [1.54, 1.807) is 0 Å². The van der Waals surface area contributed by atoms with Crippen molar-refractivity contribution < 1.29 is 24.0 Å². The molecule has 6 rings (SSSR count). The van der Waals surface area contributed by atoms with E-state index < -0.39 is 12.6 Å². The molecule has 7 nitrogen and oxygen atoms in total. The van der Waals surface area contributed by atoms with Crippen LogP contribution in [-0.2, 0) is 4.79 Å². The first-order valence-corrected chi connectivity index (χ1v) is 11.3. The summed E-state index contributed by atoms with van der Waals surface area (Å²) in [5, 5.41) is 16.0. The Labute approximate surface area is 178 Å². The van der Waals surface area contributed by atoms with Gasteiger partial charge in [-0.2, -0.15) is 0 Å². The van der Waals surface area contributed by atoms with Gasteiger partial charge in [-0.05, 0) is 73.1 Å². The molecule has 8 heteroatoms. The number of carboxylic acids is 1. The summed E-state index contributed by atoms with van der Waals surface area (Å²) in [5.41, 5.74) is 0. The van der Waals surface area contributed by atoms with Crippen molar-refractivity contribution in [3.05, 3.63) is 36.1 Å². The Balaban J connectivity index is 1.37. The largest absolute Gasteiger partial charge is 0.479 e. The van der Waals surface area contributed by atoms with Crippen LogP contribution < -0.4 is 10.1 Å². The number of ether oxygens (including phenoxy) is 1. The van der Waals surface area contributed by atoms with E-state index in [0.29, 0.717) is 16.7 Å². The number of nitrogens with one attached hydrogen (secondary N) is 1. The van der Waals surface area contributed by atoms with E-state index in [4.69, 9.17) is 14.4 Å². The number of nitrogens with zero attached hydrogens (tertiary/aromatic N) is 1. The molecule has 4 aliphatic carbocycles. The predicted molar refractivity (Wildman–Crippen MR) is 108 cm³/mol. The van der Waals surface area contributed by atoms with Crippen LogP contribution in [0.3, 0.4) is 0 Å². The molecule has 30 heavy (non-hydrogen) atoms. The molecular formula is C22H24N2O5S. The van der Waals surface area contributed by atoms with Gasteiger partial charge in [0.15, 0.2) is 6.61 Å². The molecule has 0 spiro atoms. The van der Waals surface area contributed by atoms with Gasteiger partial charge in [-0.15, -0.1) is 0 Å². The smallest absolute Gasteiger partial charge is 0.341 e. The molecule has 0 saturated heterocycles. The highest BCUT2D eigenvalue weighted by molar-refractivity contribution is 7.99. The van der Waals surface area contributed by atoms with Crippen molar-refractivity contribution in [1.29, 1.82) is 0 Å². The zero-order valence-electron chi connectivity index (χ0n) is 16.5. The van der Waals surface area contributed by atoms with Gasteiger partial charge in [0.1, 0.15) is 4.90 Å². The number of amides is 1. The normalized spacial score (nSPS) is 29.0. The van der Waals surface area contributed by atoms with Gasteiger partial charge in [0, 0.05) is 10.9 Å². The lowest BCUT2D eigenvalue weighted by Crippen LogP contribution is -2.55. The van der Waals surface area contributed by atoms with Crippen LogP contribution >= 0.6 is 11.8 Å². The number of hydrogen-bond donors (Lipinski definition) is 2. The average molecular weight is 429 g/mol. The Morgan fingerprint density at radius 3 is 2.40 bits per heavy atom. The van der Waals surface area contributed by atoms with Crippen LogP contribution in [0.25, 0.3) is 0 Å². The zero-order chi connectivity index (χ0) is 20.7. The molecule has 1 amide bonds. The second-order valence-corrected chi connectivity index (χ2v) is 9.76. The van der Waals surface area contributed by atoms with E-state index in [1.807, 2.05) is 30.3 Å². The van der Waals surface area contributed by atoms with Crippen molar-refractivity contribution in [2.24, 2.45) is 23.7 Å². The molecule has 2 aromatic rings. The highest BCUT2D eigenvalue weighted by atomic mass is 32.2. The van der Waals surface area contributed by atoms with E-state index in [9.17, 15) is 9.59 Å². The van der Waals surface area contributed by atoms with Crippen molar-refractivity contribution in [1.82, 2.24) is 10.5 Å². The Kier molecular flexibility index (Phi) is 5.18. The van der Waals surface area contributed by atoms with Gasteiger partial charge in [-0.25, -0.2) is 4.79 Å². The monoisotopic (exact) mass is 428 g/mol. The summed E-state index contributed by atoms with van der Waals surface area (Å²) < 4.78 is 10.6. The van der Waals surface area contributed by atoms with Crippen LogP contribution in [0.5, 0.6) is 5.88 Å². The number of hydrogen-bond acceptors (Lipinski definition) is 6. The number of rotatable bonds is 7. The van der Waals surface area contributed by atoms with Crippen molar-refractivity contribution >= 4 is 23.6 Å². The quantitative estimate of drug-likeness (QED) is 0.691. The highest BCUT2D eigenvalue weighted by Crippen LogP contribution is 2.53. The van der Waals surface area contributed by atoms with Gasteiger partial charge in [-0.1, -0.05) is 30.0 Å². The predicted octanol–water partition coefficient (Wildman–Crippen LogP) is 3.84. The fourth-order valence-corrected chi connectivity index (χ4v) is 6.64. The topological polar surface area (TPSA) is 102 Å². The summed E-state index contributed by atoms with van der Waals surface area (Å²) >= 11 is 1.28. The maximum absolute atomic E-state index is 13.2. The minimum atomic E-state index is -1.12. The van der Waals surface area contributed by atoms with Gasteiger partial charge in [0.2, 0.25) is 5.76 Å². The van der Waals surface area contributed by atoms with Gasteiger partial charge >= 0.3 is 5.97 Å². The molecular weight excluding hydrogens is 404 g/mol. The van der Waals surface area contributed by atoms with Crippen LogP contribution in [0, 0.1) is 23.7 Å². The number of aromatic nitrogens is 1. The third kappa shape index (κ3) is 3.80. The fraction of sp³-hybridized carbons (Fsp3) is 0.500. The Morgan fingerprint density at radius 2 is 1.77 bits per heavy atom. The number of carbonyl (C=O) groups excluding carboxylic acids is 1. The Morgan fingerprint density at radius 1 is 1.10 bits per heavy atom. The molecule has 0 radical (unpaired) electrons. The molecule has 0 unspecified atom stereocenters. The van der Waals surface area contributed by atoms with Crippen molar-refractivity contribution in [3.63, 3.8) is 0 Å². The average Bonchev–Trinajstić information content (AvgIpc) is 3.12. The number of carbonyl (C=O) groups is 2. The molecule has 4 fully saturated rings. The molecule has 0 atom stereocenters. The van der Waals surface area contributed by atoms with Crippen molar-refractivity contribution in [2.75, 3.05) is 6.61 Å². The lowest BCUT2D eigenvalue weighted by Gasteiger charge is -2.54. The van der Waals surface area contributed by atoms with Crippen LogP contribution in [-0.4, -0.2) is 34.8 Å². The molecule has 1 aromatic carbocycles. The summed E-state index contributed by atoms with van der Waals surface area (Å²) in [4.78, 5) is 25.4. The summed E-state index contributed by atoms with van der Waals surface area (Å²) in [7, 11) is 0. The van der Waals surface area contributed by atoms with Crippen LogP contribution in [0.1, 0.15) is 42.7 Å². The lowest BCUT2D eigenvalue weighted by atomic mass is 9.54. The standard InChI is InChI=1S/C22H24N2O5S/c25-17(26)11-28-22-20(30-16-4-2-1-3-5-16)19(29-24-22)21(27)23-18-14-7-12-6-13(9-14)10-15(18)8-12/h1-5,12-15,18H,6-11H2,(H,23,27)(H,25,26). The lowest BCUT2D eigenvalue weighted by molar-refractivity contribution is -0.139. The molecule has 1 heterocycles. The summed E-state index contributed by atoms with van der Waals surface area (Å²) in [6, 6.07) is 9.66. The van der Waals surface area contributed by atoms with Gasteiger partial charge in [0.05, 0.1) is 0 Å². The molecule has 0 aliphatic heterocycles. The van der Waals surface area contributed by atoms with E-state index in [1.165, 1.54) is 43.9 Å². The third-order valence-electron chi connectivity index (χ3n) is 6.65. The Hall–Kier alpha value is -2.48. The first kappa shape index (κ1) is 19.5. The minimum absolute atomic E-state index is 0.0292. The Bertz CT molecular complexity index is 916. The number of carboxylic acid groups (broad SMARTS) is 1. The van der Waals surface area contributed by atoms with Crippen molar-refractivity contribution in [2.45, 2.75) is 47.9 Å². The molecule has 4 bridgehead atoms. The first-order valence-electron chi connectivity index (χ1n) is 10.4. The SMILES string of the molecule is O=C(O)COc1noc(C(=O)NC2C3CC4CC(C3)CC2C4)c1Sc1ccccc1. The fourth-order valence-electron chi connectivity index (χ4n) is 5.71. The maximum Gasteiger partial charge on any atom is 0.341 e. The number of aliphatic carboxylic acids is 1. The zero-order valence-corrected chi connectivity index (χ0v) is 17.3. The second kappa shape index (κ2) is 7.98. The van der Waals surface area contributed by atoms with E-state index in [2.05, 4.69) is 10.5 Å². The molecule has 4 aliphatic rings. The minimum Gasteiger partial charge on any atom is -0.479 e. The maximum atomic E-state index is 13.2. The van der Waals surface area contributed by atoms with Gasteiger partial charge in [-0.3, -0.25) is 4.79 Å². The van der Waals surface area contributed by atoms with Crippen molar-refractivity contribution in [3.8, 4) is 5.88 Å². The van der Waals surface area contributed by atoms with E-state index >= 15 is 0 Å². The van der Waals surface area contributed by atoms with Crippen LogP contribution in [0.2, 0.25) is 0 Å². The van der Waals surface area contributed by atoms with Crippen LogP contribution in [0.15, 0.2) is 44.6 Å². The van der Waals surface area contributed by atoms with E-state index in [0.717, 1.165) is 16.7 Å². The van der Waals surface area contributed by atoms with Crippen LogP contribution in [0.4, 0.5) is 0 Å². The van der Waals surface area contributed by atoms with Gasteiger partial charge < -0.3 is 19.7 Å². The summed E-state index contributed by atoms with van der Waals surface area (Å²) in [5.74, 6) is 1.43. The molecule has 2 N–H and O–H groups in total. The van der Waals surface area contributed by atoms with E-state index in [-0.39, 0.29) is 23.6 Å².